The third-order valence-electron chi connectivity index (χ3n) is 4.59. The highest BCUT2D eigenvalue weighted by Gasteiger charge is 2.16. The standard InChI is InChI=1S/C20H23ClN2O/c1-2-19(16-8-7-14-5-3-4-6-15(14)13-16)23-20(24)22-18-11-9-17(21)10-12-18/h7-13,19H,2-6H2,1H3,(H2,22,23,24). The van der Waals surface area contributed by atoms with Crippen molar-refractivity contribution in [1.29, 1.82) is 0 Å². The molecule has 1 unspecified atom stereocenters. The predicted octanol–water partition coefficient (Wildman–Crippen LogP) is 5.49. The number of rotatable bonds is 4. The van der Waals surface area contributed by atoms with E-state index in [1.165, 1.54) is 36.0 Å². The highest BCUT2D eigenvalue weighted by Crippen LogP contribution is 2.26. The molecule has 2 aromatic rings. The number of benzene rings is 2. The van der Waals surface area contributed by atoms with Gasteiger partial charge in [-0.15, -0.1) is 0 Å². The lowest BCUT2D eigenvalue weighted by Crippen LogP contribution is -2.32. The Labute approximate surface area is 148 Å². The average molecular weight is 343 g/mol. The van der Waals surface area contributed by atoms with Gasteiger partial charge in [-0.25, -0.2) is 4.79 Å². The van der Waals surface area contributed by atoms with Crippen LogP contribution in [0.5, 0.6) is 0 Å². The van der Waals surface area contributed by atoms with Gasteiger partial charge in [-0.05, 0) is 73.1 Å². The first-order chi connectivity index (χ1) is 11.7. The molecule has 0 aliphatic heterocycles. The van der Waals surface area contributed by atoms with Crippen molar-refractivity contribution in [2.24, 2.45) is 0 Å². The molecular weight excluding hydrogens is 320 g/mol. The molecule has 1 aliphatic carbocycles. The van der Waals surface area contributed by atoms with Crippen molar-refractivity contribution in [3.05, 3.63) is 64.2 Å². The number of amides is 2. The van der Waals surface area contributed by atoms with Gasteiger partial charge in [0.25, 0.3) is 0 Å². The SMILES string of the molecule is CCC(NC(=O)Nc1ccc(Cl)cc1)c1ccc2c(c1)CCCC2. The van der Waals surface area contributed by atoms with E-state index < -0.39 is 0 Å². The number of halogens is 1. The van der Waals surface area contributed by atoms with Crippen LogP contribution in [0.1, 0.15) is 48.9 Å². The normalized spacial score (nSPS) is 14.6. The summed E-state index contributed by atoms with van der Waals surface area (Å²) in [7, 11) is 0. The molecule has 126 valence electrons. The molecule has 0 saturated carbocycles. The molecule has 24 heavy (non-hydrogen) atoms. The number of carbonyl (C=O) groups is 1. The fourth-order valence-electron chi connectivity index (χ4n) is 3.25. The molecule has 3 nitrogen and oxygen atoms in total. The maximum Gasteiger partial charge on any atom is 0.319 e. The molecule has 1 atom stereocenters. The number of fused-ring (bicyclic) bond motifs is 1. The molecule has 0 radical (unpaired) electrons. The van der Waals surface area contributed by atoms with Gasteiger partial charge >= 0.3 is 6.03 Å². The molecule has 3 rings (SSSR count). The highest BCUT2D eigenvalue weighted by molar-refractivity contribution is 6.30. The molecule has 2 amide bonds. The minimum Gasteiger partial charge on any atom is -0.331 e. The molecule has 0 fully saturated rings. The molecule has 1 aliphatic rings. The lowest BCUT2D eigenvalue weighted by Gasteiger charge is -2.22. The monoisotopic (exact) mass is 342 g/mol. The summed E-state index contributed by atoms with van der Waals surface area (Å²) >= 11 is 5.86. The summed E-state index contributed by atoms with van der Waals surface area (Å²) in [6.07, 6.45) is 5.73. The second-order valence-electron chi connectivity index (χ2n) is 6.30. The zero-order valence-electron chi connectivity index (χ0n) is 13.9. The Hall–Kier alpha value is -2.00. The van der Waals surface area contributed by atoms with Crippen molar-refractivity contribution in [1.82, 2.24) is 5.32 Å². The second-order valence-corrected chi connectivity index (χ2v) is 6.74. The van der Waals surface area contributed by atoms with Gasteiger partial charge in [-0.2, -0.15) is 0 Å². The highest BCUT2D eigenvalue weighted by atomic mass is 35.5. The second kappa shape index (κ2) is 7.71. The molecule has 2 aromatic carbocycles. The number of hydrogen-bond donors (Lipinski definition) is 2. The van der Waals surface area contributed by atoms with Crippen LogP contribution in [0.3, 0.4) is 0 Å². The van der Waals surface area contributed by atoms with E-state index in [0.29, 0.717) is 5.02 Å². The third kappa shape index (κ3) is 4.09. The maximum atomic E-state index is 12.3. The fourth-order valence-corrected chi connectivity index (χ4v) is 3.38. The minimum atomic E-state index is -0.193. The van der Waals surface area contributed by atoms with Gasteiger partial charge in [0.2, 0.25) is 0 Å². The summed E-state index contributed by atoms with van der Waals surface area (Å²) in [4.78, 5) is 12.3. The van der Waals surface area contributed by atoms with Crippen LogP contribution in [-0.4, -0.2) is 6.03 Å². The zero-order valence-corrected chi connectivity index (χ0v) is 14.7. The van der Waals surface area contributed by atoms with E-state index in [1.54, 1.807) is 24.3 Å². The minimum absolute atomic E-state index is 0.0181. The average Bonchev–Trinajstić information content (AvgIpc) is 2.61. The number of nitrogens with one attached hydrogen (secondary N) is 2. The van der Waals surface area contributed by atoms with Crippen molar-refractivity contribution >= 4 is 23.3 Å². The number of anilines is 1. The van der Waals surface area contributed by atoms with Crippen molar-refractivity contribution in [2.45, 2.75) is 45.1 Å². The van der Waals surface area contributed by atoms with Crippen LogP contribution in [0, 0.1) is 0 Å². The van der Waals surface area contributed by atoms with E-state index in [0.717, 1.165) is 18.5 Å². The first-order valence-electron chi connectivity index (χ1n) is 8.60. The lowest BCUT2D eigenvalue weighted by atomic mass is 9.89. The van der Waals surface area contributed by atoms with E-state index in [4.69, 9.17) is 11.6 Å². The van der Waals surface area contributed by atoms with E-state index in [2.05, 4.69) is 35.8 Å². The number of carbonyl (C=O) groups excluding carboxylic acids is 1. The number of urea groups is 1. The summed E-state index contributed by atoms with van der Waals surface area (Å²) in [5, 5.41) is 6.58. The van der Waals surface area contributed by atoms with Crippen LogP contribution in [0.25, 0.3) is 0 Å². The van der Waals surface area contributed by atoms with Gasteiger partial charge in [0.15, 0.2) is 0 Å². The lowest BCUT2D eigenvalue weighted by molar-refractivity contribution is 0.248. The van der Waals surface area contributed by atoms with Gasteiger partial charge in [-0.1, -0.05) is 36.7 Å². The van der Waals surface area contributed by atoms with Crippen molar-refractivity contribution in [2.75, 3.05) is 5.32 Å². The first kappa shape index (κ1) is 16.8. The molecule has 0 bridgehead atoms. The van der Waals surface area contributed by atoms with Gasteiger partial charge in [0, 0.05) is 10.7 Å². The van der Waals surface area contributed by atoms with Gasteiger partial charge < -0.3 is 10.6 Å². The van der Waals surface area contributed by atoms with E-state index in [-0.39, 0.29) is 12.1 Å². The Balaban J connectivity index is 1.67. The van der Waals surface area contributed by atoms with E-state index in [1.807, 2.05) is 0 Å². The summed E-state index contributed by atoms with van der Waals surface area (Å²) in [5.74, 6) is 0. The van der Waals surface area contributed by atoms with E-state index >= 15 is 0 Å². The molecule has 0 spiro atoms. The summed E-state index contributed by atoms with van der Waals surface area (Å²) in [6, 6.07) is 13.6. The smallest absolute Gasteiger partial charge is 0.319 e. The van der Waals surface area contributed by atoms with Crippen LogP contribution in [0.2, 0.25) is 5.02 Å². The topological polar surface area (TPSA) is 41.1 Å². The third-order valence-corrected chi connectivity index (χ3v) is 4.84. The van der Waals surface area contributed by atoms with Gasteiger partial charge in [0.05, 0.1) is 6.04 Å². The van der Waals surface area contributed by atoms with Crippen LogP contribution in [0.15, 0.2) is 42.5 Å². The zero-order chi connectivity index (χ0) is 16.9. The van der Waals surface area contributed by atoms with Crippen LogP contribution < -0.4 is 10.6 Å². The molecule has 4 heteroatoms. The Morgan fingerprint density at radius 1 is 1.08 bits per heavy atom. The largest absolute Gasteiger partial charge is 0.331 e. The quantitative estimate of drug-likeness (QED) is 0.757. The van der Waals surface area contributed by atoms with Gasteiger partial charge in [0.1, 0.15) is 0 Å². The Bertz CT molecular complexity index is 712. The van der Waals surface area contributed by atoms with E-state index in [9.17, 15) is 4.79 Å². The summed E-state index contributed by atoms with van der Waals surface area (Å²) < 4.78 is 0. The van der Waals surface area contributed by atoms with Crippen LogP contribution in [0.4, 0.5) is 10.5 Å². The molecule has 0 saturated heterocycles. The molecule has 0 aromatic heterocycles. The molecular formula is C20H23ClN2O. The van der Waals surface area contributed by atoms with Crippen molar-refractivity contribution in [3.8, 4) is 0 Å². The first-order valence-corrected chi connectivity index (χ1v) is 8.98. The number of aryl methyl sites for hydroxylation is 2. The van der Waals surface area contributed by atoms with Gasteiger partial charge in [-0.3, -0.25) is 0 Å². The fraction of sp³-hybridized carbons (Fsp3) is 0.350. The summed E-state index contributed by atoms with van der Waals surface area (Å²) in [5.41, 5.74) is 4.82. The van der Waals surface area contributed by atoms with Crippen LogP contribution in [-0.2, 0) is 12.8 Å². The Morgan fingerprint density at radius 2 is 1.79 bits per heavy atom. The molecule has 2 N–H and O–H groups in total. The Kier molecular flexibility index (Phi) is 5.41. The maximum absolute atomic E-state index is 12.3. The van der Waals surface area contributed by atoms with Crippen molar-refractivity contribution < 1.29 is 4.79 Å². The van der Waals surface area contributed by atoms with Crippen molar-refractivity contribution in [3.63, 3.8) is 0 Å². The molecule has 0 heterocycles. The van der Waals surface area contributed by atoms with Crippen LogP contribution >= 0.6 is 11.6 Å². The Morgan fingerprint density at radius 3 is 2.50 bits per heavy atom. The predicted molar refractivity (Wildman–Crippen MR) is 99.7 cm³/mol. The number of hydrogen-bond acceptors (Lipinski definition) is 1. The summed E-state index contributed by atoms with van der Waals surface area (Å²) in [6.45, 7) is 2.09.